The molecule has 0 atom stereocenters. The highest BCUT2D eigenvalue weighted by atomic mass is 16.2. The van der Waals surface area contributed by atoms with Crippen molar-refractivity contribution in [3.63, 3.8) is 0 Å². The van der Waals surface area contributed by atoms with Crippen molar-refractivity contribution in [3.05, 3.63) is 66.2 Å². The van der Waals surface area contributed by atoms with Crippen LogP contribution >= 0.6 is 0 Å². The molecule has 0 aromatic heterocycles. The number of likely N-dealkylation sites (tertiary alicyclic amines) is 2. The lowest BCUT2D eigenvalue weighted by Crippen LogP contribution is -2.49. The number of carbonyl (C=O) groups excluding carboxylic acids is 3. The van der Waals surface area contributed by atoms with Crippen molar-refractivity contribution in [2.45, 2.75) is 44.6 Å². The van der Waals surface area contributed by atoms with Crippen LogP contribution < -0.4 is 10.6 Å². The first kappa shape index (κ1) is 24.9. The van der Waals surface area contributed by atoms with E-state index >= 15 is 0 Å². The molecule has 2 aliphatic heterocycles. The van der Waals surface area contributed by atoms with E-state index in [2.05, 4.69) is 15.5 Å². The Morgan fingerprint density at radius 2 is 1.43 bits per heavy atom. The van der Waals surface area contributed by atoms with E-state index in [0.717, 1.165) is 38.0 Å². The molecule has 0 radical (unpaired) electrons. The number of carbonyl (C=O) groups is 3. The zero-order chi connectivity index (χ0) is 24.5. The van der Waals surface area contributed by atoms with Crippen LogP contribution in [0.15, 0.2) is 60.7 Å². The average molecular weight is 477 g/mol. The minimum atomic E-state index is -0.0551. The summed E-state index contributed by atoms with van der Waals surface area (Å²) >= 11 is 0. The van der Waals surface area contributed by atoms with Gasteiger partial charge >= 0.3 is 0 Å². The lowest BCUT2D eigenvalue weighted by atomic mass is 9.95. The molecular formula is C28H36N4O3. The Morgan fingerprint density at radius 3 is 2.09 bits per heavy atom. The fraction of sp³-hybridized carbons (Fsp3) is 0.464. The van der Waals surface area contributed by atoms with E-state index in [1.807, 2.05) is 65.6 Å². The van der Waals surface area contributed by atoms with Crippen LogP contribution in [0, 0.1) is 5.92 Å². The number of benzene rings is 2. The van der Waals surface area contributed by atoms with Gasteiger partial charge in [-0.2, -0.15) is 0 Å². The van der Waals surface area contributed by atoms with Gasteiger partial charge in [-0.15, -0.1) is 0 Å². The smallest absolute Gasteiger partial charge is 0.236 e. The van der Waals surface area contributed by atoms with Crippen molar-refractivity contribution in [1.82, 2.24) is 15.1 Å². The molecule has 35 heavy (non-hydrogen) atoms. The monoisotopic (exact) mass is 476 g/mol. The highest BCUT2D eigenvalue weighted by molar-refractivity contribution is 5.92. The number of aryl methyl sites for hydroxylation is 1. The molecule has 7 nitrogen and oxygen atoms in total. The highest BCUT2D eigenvalue weighted by Crippen LogP contribution is 2.20. The third-order valence-electron chi connectivity index (χ3n) is 7.05. The number of para-hydroxylation sites is 1. The number of rotatable bonds is 8. The van der Waals surface area contributed by atoms with Gasteiger partial charge in [-0.1, -0.05) is 48.5 Å². The molecule has 2 N–H and O–H groups in total. The maximum absolute atomic E-state index is 12.8. The second-order valence-electron chi connectivity index (χ2n) is 9.61. The Morgan fingerprint density at radius 1 is 0.800 bits per heavy atom. The van der Waals surface area contributed by atoms with Crippen molar-refractivity contribution >= 4 is 23.4 Å². The van der Waals surface area contributed by atoms with E-state index in [0.29, 0.717) is 38.9 Å². The van der Waals surface area contributed by atoms with Gasteiger partial charge in [-0.25, -0.2) is 0 Å². The van der Waals surface area contributed by atoms with Crippen LogP contribution in [0.4, 0.5) is 5.69 Å². The van der Waals surface area contributed by atoms with Crippen LogP contribution in [-0.2, 0) is 20.8 Å². The summed E-state index contributed by atoms with van der Waals surface area (Å²) in [5.41, 5.74) is 1.99. The van der Waals surface area contributed by atoms with E-state index in [-0.39, 0.29) is 29.7 Å². The first-order chi connectivity index (χ1) is 17.1. The fourth-order valence-electron chi connectivity index (χ4n) is 4.89. The van der Waals surface area contributed by atoms with Crippen LogP contribution in [0.1, 0.15) is 37.7 Å². The van der Waals surface area contributed by atoms with Gasteiger partial charge < -0.3 is 15.5 Å². The summed E-state index contributed by atoms with van der Waals surface area (Å²) in [5.74, 6) is 0.219. The predicted molar refractivity (Wildman–Crippen MR) is 137 cm³/mol. The molecule has 2 fully saturated rings. The van der Waals surface area contributed by atoms with Gasteiger partial charge in [0.1, 0.15) is 0 Å². The standard InChI is InChI=1S/C28H36N4O3/c33-26(12-11-22-7-3-1-4-8-22)29-25-15-17-31(18-16-25)21-27(34)32-19-13-23(14-20-32)28(35)30-24-9-5-2-6-10-24/h1-10,23,25H,11-21H2,(H,29,33)(H,30,35). The van der Waals surface area contributed by atoms with Crippen LogP contribution in [0.2, 0.25) is 0 Å². The second-order valence-corrected chi connectivity index (χ2v) is 9.61. The molecule has 0 bridgehead atoms. The number of nitrogens with one attached hydrogen (secondary N) is 2. The van der Waals surface area contributed by atoms with E-state index in [1.165, 1.54) is 5.56 Å². The molecule has 0 unspecified atom stereocenters. The Bertz CT molecular complexity index is 966. The van der Waals surface area contributed by atoms with E-state index in [4.69, 9.17) is 0 Å². The third kappa shape index (κ3) is 7.65. The molecule has 2 aliphatic rings. The molecule has 2 aromatic carbocycles. The lowest BCUT2D eigenvalue weighted by Gasteiger charge is -2.35. The van der Waals surface area contributed by atoms with Gasteiger partial charge in [-0.3, -0.25) is 19.3 Å². The average Bonchev–Trinajstić information content (AvgIpc) is 2.90. The summed E-state index contributed by atoms with van der Waals surface area (Å²) in [7, 11) is 0. The molecule has 2 aromatic rings. The van der Waals surface area contributed by atoms with Gasteiger partial charge in [0.25, 0.3) is 0 Å². The van der Waals surface area contributed by atoms with Gasteiger partial charge in [0.2, 0.25) is 17.7 Å². The number of piperidine rings is 2. The van der Waals surface area contributed by atoms with Crippen molar-refractivity contribution in [2.75, 3.05) is 38.0 Å². The summed E-state index contributed by atoms with van der Waals surface area (Å²) in [5, 5.41) is 6.13. The van der Waals surface area contributed by atoms with Crippen LogP contribution in [-0.4, -0.2) is 66.3 Å². The predicted octanol–water partition coefficient (Wildman–Crippen LogP) is 3.08. The Hall–Kier alpha value is -3.19. The number of anilines is 1. The number of hydrogen-bond acceptors (Lipinski definition) is 4. The fourth-order valence-corrected chi connectivity index (χ4v) is 4.89. The SMILES string of the molecule is O=C(CCc1ccccc1)NC1CCN(CC(=O)N2CCC(C(=O)Nc3ccccc3)CC2)CC1. The zero-order valence-electron chi connectivity index (χ0n) is 20.3. The van der Waals surface area contributed by atoms with Crippen molar-refractivity contribution in [1.29, 1.82) is 0 Å². The zero-order valence-corrected chi connectivity index (χ0v) is 20.3. The van der Waals surface area contributed by atoms with Crippen molar-refractivity contribution in [2.24, 2.45) is 5.92 Å². The lowest BCUT2D eigenvalue weighted by molar-refractivity contribution is -0.136. The molecule has 3 amide bonds. The Kier molecular flexibility index (Phi) is 8.90. The highest BCUT2D eigenvalue weighted by Gasteiger charge is 2.29. The van der Waals surface area contributed by atoms with Crippen LogP contribution in [0.5, 0.6) is 0 Å². The Balaban J connectivity index is 1.11. The Labute approximate surface area is 207 Å². The van der Waals surface area contributed by atoms with Gasteiger partial charge in [-0.05, 0) is 49.8 Å². The van der Waals surface area contributed by atoms with Gasteiger partial charge in [0.05, 0.1) is 6.54 Å². The number of nitrogens with zero attached hydrogens (tertiary/aromatic N) is 2. The van der Waals surface area contributed by atoms with Crippen molar-refractivity contribution < 1.29 is 14.4 Å². The summed E-state index contributed by atoms with van der Waals surface area (Å²) in [6.07, 6.45) is 4.38. The summed E-state index contributed by atoms with van der Waals surface area (Å²) < 4.78 is 0. The second kappa shape index (κ2) is 12.5. The molecule has 4 rings (SSSR count). The molecule has 7 heteroatoms. The molecule has 2 saturated heterocycles. The largest absolute Gasteiger partial charge is 0.353 e. The molecular weight excluding hydrogens is 440 g/mol. The molecule has 0 aliphatic carbocycles. The maximum atomic E-state index is 12.8. The first-order valence-corrected chi connectivity index (χ1v) is 12.8. The third-order valence-corrected chi connectivity index (χ3v) is 7.05. The minimum absolute atomic E-state index is 0.0381. The molecule has 0 saturated carbocycles. The summed E-state index contributed by atoms with van der Waals surface area (Å²) in [6.45, 7) is 3.28. The maximum Gasteiger partial charge on any atom is 0.236 e. The summed E-state index contributed by atoms with van der Waals surface area (Å²) in [4.78, 5) is 41.7. The normalized spacial score (nSPS) is 17.7. The minimum Gasteiger partial charge on any atom is -0.353 e. The molecule has 2 heterocycles. The van der Waals surface area contributed by atoms with Crippen molar-refractivity contribution in [3.8, 4) is 0 Å². The number of hydrogen-bond donors (Lipinski definition) is 2. The van der Waals surface area contributed by atoms with Crippen LogP contribution in [0.3, 0.4) is 0 Å². The molecule has 0 spiro atoms. The van der Waals surface area contributed by atoms with Gasteiger partial charge in [0.15, 0.2) is 0 Å². The number of amides is 3. The first-order valence-electron chi connectivity index (χ1n) is 12.8. The van der Waals surface area contributed by atoms with Gasteiger partial charge in [0, 0.05) is 50.2 Å². The van der Waals surface area contributed by atoms with E-state index in [1.54, 1.807) is 0 Å². The quantitative estimate of drug-likeness (QED) is 0.614. The topological polar surface area (TPSA) is 81.8 Å². The van der Waals surface area contributed by atoms with E-state index < -0.39 is 0 Å². The van der Waals surface area contributed by atoms with Crippen LogP contribution in [0.25, 0.3) is 0 Å². The summed E-state index contributed by atoms with van der Waals surface area (Å²) in [6, 6.07) is 19.7. The molecule has 186 valence electrons. The van der Waals surface area contributed by atoms with E-state index in [9.17, 15) is 14.4 Å².